The number of anilines is 1. The number of aromatic amines is 1. The van der Waals surface area contributed by atoms with Gasteiger partial charge in [0.05, 0.1) is 53.7 Å². The summed E-state index contributed by atoms with van der Waals surface area (Å²) >= 11 is 0. The number of aromatic nitrogens is 4. The molecule has 10 heteroatoms. The van der Waals surface area contributed by atoms with Gasteiger partial charge in [0, 0.05) is 23.2 Å². The number of rotatable bonds is 9. The number of ether oxygens (including phenoxy) is 2. The van der Waals surface area contributed by atoms with Crippen molar-refractivity contribution in [2.75, 3.05) is 25.6 Å². The summed E-state index contributed by atoms with van der Waals surface area (Å²) in [6.07, 6.45) is 1.67. The van der Waals surface area contributed by atoms with Crippen LogP contribution in [0.2, 0.25) is 0 Å². The fraction of sp³-hybridized carbons (Fsp3) is 0.172. The van der Waals surface area contributed by atoms with Gasteiger partial charge in [-0.05, 0) is 55.5 Å². The number of carbonyl (C=O) groups excluding carboxylic acids is 1. The SMILES string of the molecule is COC(=O)c1ccc(F)c(NCc2nc(-c3ccc4ncc(OCCN)cc4c3)c(-c3cccc(C)n3)[nH]2)c1. The number of aryl methyl sites for hydroxylation is 1. The number of imidazole rings is 1. The van der Waals surface area contributed by atoms with Crippen molar-refractivity contribution in [3.8, 4) is 28.4 Å². The van der Waals surface area contributed by atoms with Crippen molar-refractivity contribution in [3.05, 3.63) is 89.8 Å². The lowest BCUT2D eigenvalue weighted by Crippen LogP contribution is -2.10. The van der Waals surface area contributed by atoms with Crippen LogP contribution in [0.5, 0.6) is 5.75 Å². The van der Waals surface area contributed by atoms with Crippen LogP contribution in [0, 0.1) is 12.7 Å². The van der Waals surface area contributed by atoms with Crippen molar-refractivity contribution in [1.82, 2.24) is 19.9 Å². The number of nitrogens with two attached hydrogens (primary N) is 1. The van der Waals surface area contributed by atoms with Gasteiger partial charge in [0.25, 0.3) is 0 Å². The zero-order chi connectivity index (χ0) is 27.4. The van der Waals surface area contributed by atoms with Crippen molar-refractivity contribution in [3.63, 3.8) is 0 Å². The highest BCUT2D eigenvalue weighted by atomic mass is 19.1. The molecule has 5 rings (SSSR count). The van der Waals surface area contributed by atoms with Gasteiger partial charge in [-0.25, -0.2) is 14.2 Å². The third-order valence-corrected chi connectivity index (χ3v) is 6.05. The molecular weight excluding hydrogens is 499 g/mol. The van der Waals surface area contributed by atoms with Crippen LogP contribution < -0.4 is 15.8 Å². The summed E-state index contributed by atoms with van der Waals surface area (Å²) in [5.41, 5.74) is 10.6. The molecule has 0 spiro atoms. The summed E-state index contributed by atoms with van der Waals surface area (Å²) in [6.45, 7) is 2.90. The first-order valence-electron chi connectivity index (χ1n) is 12.3. The second-order valence-corrected chi connectivity index (χ2v) is 8.83. The first-order chi connectivity index (χ1) is 18.9. The summed E-state index contributed by atoms with van der Waals surface area (Å²) in [5.74, 6) is 0.149. The number of hydrogen-bond donors (Lipinski definition) is 3. The predicted molar refractivity (Wildman–Crippen MR) is 147 cm³/mol. The second kappa shape index (κ2) is 11.3. The molecule has 0 aliphatic heterocycles. The lowest BCUT2D eigenvalue weighted by atomic mass is 10.1. The Morgan fingerprint density at radius 2 is 1.97 bits per heavy atom. The number of H-pyrrole nitrogens is 1. The molecule has 5 aromatic rings. The Morgan fingerprint density at radius 3 is 2.77 bits per heavy atom. The molecule has 0 aliphatic rings. The zero-order valence-electron chi connectivity index (χ0n) is 21.5. The van der Waals surface area contributed by atoms with Crippen molar-refractivity contribution in [2.24, 2.45) is 5.73 Å². The summed E-state index contributed by atoms with van der Waals surface area (Å²) in [4.78, 5) is 29.2. The van der Waals surface area contributed by atoms with Gasteiger partial charge in [0.1, 0.15) is 24.0 Å². The third kappa shape index (κ3) is 5.70. The van der Waals surface area contributed by atoms with Crippen LogP contribution in [-0.2, 0) is 11.3 Å². The summed E-state index contributed by atoms with van der Waals surface area (Å²) in [6, 6.07) is 17.5. The van der Waals surface area contributed by atoms with E-state index in [9.17, 15) is 9.18 Å². The molecule has 198 valence electrons. The third-order valence-electron chi connectivity index (χ3n) is 6.05. The number of hydrogen-bond acceptors (Lipinski definition) is 8. The molecule has 3 aromatic heterocycles. The van der Waals surface area contributed by atoms with Gasteiger partial charge in [0.15, 0.2) is 0 Å². The maximum atomic E-state index is 14.5. The molecule has 0 atom stereocenters. The number of esters is 1. The number of carbonyl (C=O) groups is 1. The molecule has 3 heterocycles. The van der Waals surface area contributed by atoms with Gasteiger partial charge in [-0.1, -0.05) is 12.1 Å². The molecule has 0 aliphatic carbocycles. The minimum atomic E-state index is -0.548. The van der Waals surface area contributed by atoms with Crippen LogP contribution in [0.1, 0.15) is 21.9 Å². The molecule has 0 radical (unpaired) electrons. The van der Waals surface area contributed by atoms with Crippen molar-refractivity contribution < 1.29 is 18.7 Å². The van der Waals surface area contributed by atoms with Crippen LogP contribution in [-0.4, -0.2) is 46.2 Å². The van der Waals surface area contributed by atoms with E-state index < -0.39 is 11.8 Å². The number of nitrogens with one attached hydrogen (secondary N) is 2. The average molecular weight is 527 g/mol. The Balaban J connectivity index is 1.52. The molecular formula is C29H27FN6O3. The number of pyridine rings is 2. The topological polar surface area (TPSA) is 128 Å². The number of benzene rings is 2. The van der Waals surface area contributed by atoms with E-state index in [4.69, 9.17) is 20.2 Å². The van der Waals surface area contributed by atoms with E-state index in [0.29, 0.717) is 30.4 Å². The van der Waals surface area contributed by atoms with Crippen molar-refractivity contribution in [1.29, 1.82) is 0 Å². The van der Waals surface area contributed by atoms with E-state index in [-0.39, 0.29) is 17.8 Å². The van der Waals surface area contributed by atoms with Crippen LogP contribution >= 0.6 is 0 Å². The van der Waals surface area contributed by atoms with Crippen molar-refractivity contribution in [2.45, 2.75) is 13.5 Å². The lowest BCUT2D eigenvalue weighted by Gasteiger charge is -2.08. The Labute approximate surface area is 224 Å². The normalized spacial score (nSPS) is 11.0. The van der Waals surface area contributed by atoms with Gasteiger partial charge in [-0.3, -0.25) is 9.97 Å². The smallest absolute Gasteiger partial charge is 0.337 e. The van der Waals surface area contributed by atoms with Crippen LogP contribution in [0.25, 0.3) is 33.5 Å². The molecule has 39 heavy (non-hydrogen) atoms. The molecule has 0 amide bonds. The van der Waals surface area contributed by atoms with E-state index >= 15 is 0 Å². The van der Waals surface area contributed by atoms with Gasteiger partial charge < -0.3 is 25.5 Å². The number of fused-ring (bicyclic) bond motifs is 1. The van der Waals surface area contributed by atoms with Gasteiger partial charge >= 0.3 is 5.97 Å². The first-order valence-corrected chi connectivity index (χ1v) is 12.3. The summed E-state index contributed by atoms with van der Waals surface area (Å²) < 4.78 is 24.9. The Morgan fingerprint density at radius 1 is 1.10 bits per heavy atom. The number of nitrogens with zero attached hydrogens (tertiary/aromatic N) is 3. The fourth-order valence-corrected chi connectivity index (χ4v) is 4.18. The highest BCUT2D eigenvalue weighted by Crippen LogP contribution is 2.32. The van der Waals surface area contributed by atoms with Gasteiger partial charge in [-0.15, -0.1) is 0 Å². The highest BCUT2D eigenvalue weighted by Gasteiger charge is 2.17. The standard InChI is InChI=1S/C29H27FN6O3/c1-17-4-3-5-24(34-17)28-27(18-7-9-23-20(12-18)13-21(15-32-23)39-11-10-31)35-26(36-28)16-33-25-14-19(29(37)38-2)6-8-22(25)30/h3-9,12-15,33H,10-11,16,31H2,1-2H3,(H,35,36). The van der Waals surface area contributed by atoms with E-state index in [1.165, 1.54) is 25.3 Å². The Bertz CT molecular complexity index is 1650. The van der Waals surface area contributed by atoms with E-state index in [1.807, 2.05) is 49.4 Å². The molecule has 0 saturated heterocycles. The van der Waals surface area contributed by atoms with E-state index in [1.54, 1.807) is 6.20 Å². The van der Waals surface area contributed by atoms with E-state index in [2.05, 4.69) is 20.3 Å². The molecule has 2 aromatic carbocycles. The van der Waals surface area contributed by atoms with Gasteiger partial charge in [0.2, 0.25) is 0 Å². The van der Waals surface area contributed by atoms with Crippen LogP contribution in [0.15, 0.2) is 66.9 Å². The minimum absolute atomic E-state index is 0.160. The quantitative estimate of drug-likeness (QED) is 0.232. The molecule has 0 bridgehead atoms. The average Bonchev–Trinajstić information content (AvgIpc) is 3.39. The van der Waals surface area contributed by atoms with Crippen LogP contribution in [0.3, 0.4) is 0 Å². The molecule has 0 saturated carbocycles. The second-order valence-electron chi connectivity index (χ2n) is 8.83. The first kappa shape index (κ1) is 25.8. The van der Waals surface area contributed by atoms with E-state index in [0.717, 1.165) is 33.5 Å². The molecule has 9 nitrogen and oxygen atoms in total. The monoisotopic (exact) mass is 526 g/mol. The molecule has 0 unspecified atom stereocenters. The summed E-state index contributed by atoms with van der Waals surface area (Å²) in [7, 11) is 1.28. The number of halogens is 1. The molecule has 0 fully saturated rings. The fourth-order valence-electron chi connectivity index (χ4n) is 4.18. The maximum Gasteiger partial charge on any atom is 0.337 e. The minimum Gasteiger partial charge on any atom is -0.491 e. The Hall–Kier alpha value is -4.83. The number of methoxy groups -OCH3 is 1. The predicted octanol–water partition coefficient (Wildman–Crippen LogP) is 4.87. The zero-order valence-corrected chi connectivity index (χ0v) is 21.5. The van der Waals surface area contributed by atoms with Crippen molar-refractivity contribution >= 4 is 22.6 Å². The van der Waals surface area contributed by atoms with Gasteiger partial charge in [-0.2, -0.15) is 0 Å². The maximum absolute atomic E-state index is 14.5. The lowest BCUT2D eigenvalue weighted by molar-refractivity contribution is 0.0600. The van der Waals surface area contributed by atoms with Crippen LogP contribution in [0.4, 0.5) is 10.1 Å². The summed E-state index contributed by atoms with van der Waals surface area (Å²) in [5, 5.41) is 3.91. The molecule has 4 N–H and O–H groups in total. The Kier molecular flexibility index (Phi) is 7.46. The largest absolute Gasteiger partial charge is 0.491 e. The highest BCUT2D eigenvalue weighted by molar-refractivity contribution is 5.90.